The number of carbonyl (C=O) groups excluding carboxylic acids is 2. The number of aromatic nitrogens is 4. The number of nitrogens with one attached hydrogen (secondary N) is 1. The molecule has 0 aliphatic carbocycles. The second kappa shape index (κ2) is 9.96. The number of rotatable bonds is 7. The van der Waals surface area contributed by atoms with E-state index in [0.717, 1.165) is 5.56 Å². The van der Waals surface area contributed by atoms with Gasteiger partial charge in [0.1, 0.15) is 12.1 Å². The summed E-state index contributed by atoms with van der Waals surface area (Å²) in [5.74, 6) is -1.15. The van der Waals surface area contributed by atoms with Crippen molar-refractivity contribution in [3.63, 3.8) is 0 Å². The smallest absolute Gasteiger partial charge is 0.250 e. The van der Waals surface area contributed by atoms with Gasteiger partial charge in [0, 0.05) is 18.4 Å². The van der Waals surface area contributed by atoms with Crippen molar-refractivity contribution in [2.75, 3.05) is 10.2 Å². The van der Waals surface area contributed by atoms with Crippen LogP contribution >= 0.6 is 11.3 Å². The number of hydrogen-bond donors (Lipinski definition) is 1. The Kier molecular flexibility index (Phi) is 6.65. The molecule has 2 heterocycles. The summed E-state index contributed by atoms with van der Waals surface area (Å²) in [7, 11) is 0. The average Bonchev–Trinajstić information content (AvgIpc) is 3.44. The van der Waals surface area contributed by atoms with Gasteiger partial charge in [-0.05, 0) is 23.8 Å². The molecule has 0 radical (unpaired) electrons. The van der Waals surface area contributed by atoms with Crippen LogP contribution in [0.15, 0.2) is 72.4 Å². The molecule has 33 heavy (non-hydrogen) atoms. The van der Waals surface area contributed by atoms with E-state index in [-0.39, 0.29) is 17.5 Å². The Balaban J connectivity index is 1.40. The zero-order valence-electron chi connectivity index (χ0n) is 17.6. The fourth-order valence-corrected chi connectivity index (χ4v) is 3.86. The van der Waals surface area contributed by atoms with E-state index >= 15 is 0 Å². The molecule has 2 aromatic heterocycles. The number of amides is 2. The maximum absolute atomic E-state index is 14.2. The van der Waals surface area contributed by atoms with Crippen molar-refractivity contribution in [2.45, 2.75) is 13.5 Å². The molecule has 1 N–H and O–H groups in total. The summed E-state index contributed by atoms with van der Waals surface area (Å²) in [6.45, 7) is 1.87. The molecule has 4 rings (SSSR count). The van der Waals surface area contributed by atoms with Crippen LogP contribution in [0.1, 0.15) is 18.2 Å². The number of benzene rings is 2. The highest BCUT2D eigenvalue weighted by atomic mass is 32.1. The Hall–Kier alpha value is -4.18. The second-order valence-electron chi connectivity index (χ2n) is 6.93. The summed E-state index contributed by atoms with van der Waals surface area (Å²) >= 11 is 1.17. The molecule has 10 heteroatoms. The lowest BCUT2D eigenvalue weighted by molar-refractivity contribution is -0.116. The lowest BCUT2D eigenvalue weighted by atomic mass is 10.2. The van der Waals surface area contributed by atoms with Gasteiger partial charge in [0.15, 0.2) is 5.13 Å². The molecule has 8 nitrogen and oxygen atoms in total. The zero-order valence-corrected chi connectivity index (χ0v) is 18.4. The molecule has 0 bridgehead atoms. The standard InChI is InChI=1S/C23H19FN6O2S/c1-16(31)30(20-10-6-5-9-19(20)24)23-26-18(14-33-23)11-12-21(32)27-22-25-15-29(28-22)13-17-7-3-2-4-8-17/h2-12,14-15H,13H2,1H3,(H,27,28,32)/b12-11+. The van der Waals surface area contributed by atoms with E-state index in [9.17, 15) is 14.0 Å². The van der Waals surface area contributed by atoms with Crippen molar-refractivity contribution in [3.8, 4) is 0 Å². The van der Waals surface area contributed by atoms with Gasteiger partial charge >= 0.3 is 0 Å². The molecule has 4 aromatic rings. The molecule has 0 atom stereocenters. The summed E-state index contributed by atoms with van der Waals surface area (Å²) < 4.78 is 15.8. The third kappa shape index (κ3) is 5.55. The van der Waals surface area contributed by atoms with Crippen LogP contribution in [-0.4, -0.2) is 31.6 Å². The molecule has 0 saturated heterocycles. The van der Waals surface area contributed by atoms with Crippen molar-refractivity contribution >= 4 is 46.0 Å². The number of halogens is 1. The van der Waals surface area contributed by atoms with Crippen LogP contribution in [0.5, 0.6) is 0 Å². The maximum Gasteiger partial charge on any atom is 0.250 e. The van der Waals surface area contributed by atoms with Crippen LogP contribution in [0.4, 0.5) is 21.2 Å². The van der Waals surface area contributed by atoms with Crippen LogP contribution in [0.25, 0.3) is 6.08 Å². The predicted octanol–water partition coefficient (Wildman–Crippen LogP) is 4.26. The summed E-state index contributed by atoms with van der Waals surface area (Å²) in [6.07, 6.45) is 4.33. The number of para-hydroxylation sites is 1. The molecule has 0 aliphatic heterocycles. The summed E-state index contributed by atoms with van der Waals surface area (Å²) in [5.41, 5.74) is 1.63. The van der Waals surface area contributed by atoms with Crippen molar-refractivity contribution in [2.24, 2.45) is 0 Å². The quantitative estimate of drug-likeness (QED) is 0.414. The molecule has 0 unspecified atom stereocenters. The minimum absolute atomic E-state index is 0.116. The molecule has 0 aliphatic rings. The van der Waals surface area contributed by atoms with E-state index in [1.54, 1.807) is 22.2 Å². The number of thiazole rings is 1. The Bertz CT molecular complexity index is 1300. The van der Waals surface area contributed by atoms with Crippen LogP contribution in [0.2, 0.25) is 0 Å². The lowest BCUT2D eigenvalue weighted by Crippen LogP contribution is -2.23. The third-order valence-corrected chi connectivity index (χ3v) is 5.32. The van der Waals surface area contributed by atoms with Gasteiger partial charge in [0.2, 0.25) is 11.9 Å². The SMILES string of the molecule is CC(=O)N(c1nc(/C=C/C(=O)Nc2ncn(Cc3ccccc3)n2)cs1)c1ccccc1F. The Morgan fingerprint density at radius 2 is 1.91 bits per heavy atom. The van der Waals surface area contributed by atoms with Gasteiger partial charge < -0.3 is 0 Å². The fraction of sp³-hybridized carbons (Fsp3) is 0.0870. The molecule has 0 saturated carbocycles. The topological polar surface area (TPSA) is 93.0 Å². The van der Waals surface area contributed by atoms with Crippen LogP contribution in [0.3, 0.4) is 0 Å². The van der Waals surface area contributed by atoms with Gasteiger partial charge in [-0.25, -0.2) is 19.0 Å². The minimum atomic E-state index is -0.529. The molecule has 0 spiro atoms. The Labute approximate surface area is 193 Å². The first kappa shape index (κ1) is 22.0. The number of hydrogen-bond acceptors (Lipinski definition) is 6. The normalized spacial score (nSPS) is 11.0. The van der Waals surface area contributed by atoms with E-state index < -0.39 is 11.7 Å². The van der Waals surface area contributed by atoms with E-state index in [1.807, 2.05) is 30.3 Å². The first-order chi connectivity index (χ1) is 16.0. The number of carbonyl (C=O) groups is 2. The fourth-order valence-electron chi connectivity index (χ4n) is 3.01. The minimum Gasteiger partial charge on any atom is -0.290 e. The van der Waals surface area contributed by atoms with E-state index in [2.05, 4.69) is 20.4 Å². The number of nitrogens with zero attached hydrogens (tertiary/aromatic N) is 5. The highest BCUT2D eigenvalue weighted by molar-refractivity contribution is 7.14. The first-order valence-corrected chi connectivity index (χ1v) is 10.8. The summed E-state index contributed by atoms with van der Waals surface area (Å²) in [4.78, 5) is 34.0. The molecular weight excluding hydrogens is 443 g/mol. The molecule has 0 fully saturated rings. The summed E-state index contributed by atoms with van der Waals surface area (Å²) in [6, 6.07) is 15.7. The maximum atomic E-state index is 14.2. The van der Waals surface area contributed by atoms with Gasteiger partial charge in [-0.2, -0.15) is 0 Å². The zero-order chi connectivity index (χ0) is 23.2. The molecule has 2 amide bonds. The van der Waals surface area contributed by atoms with Crippen molar-refractivity contribution < 1.29 is 14.0 Å². The highest BCUT2D eigenvalue weighted by Crippen LogP contribution is 2.30. The van der Waals surface area contributed by atoms with Crippen molar-refractivity contribution in [3.05, 3.63) is 89.5 Å². The molecular formula is C23H19FN6O2S. The van der Waals surface area contributed by atoms with Gasteiger partial charge in [0.05, 0.1) is 17.9 Å². The van der Waals surface area contributed by atoms with Crippen LogP contribution < -0.4 is 10.2 Å². The first-order valence-electron chi connectivity index (χ1n) is 9.93. The van der Waals surface area contributed by atoms with Crippen molar-refractivity contribution in [1.82, 2.24) is 19.7 Å². The highest BCUT2D eigenvalue weighted by Gasteiger charge is 2.20. The molecule has 2 aromatic carbocycles. The lowest BCUT2D eigenvalue weighted by Gasteiger charge is -2.18. The van der Waals surface area contributed by atoms with Crippen molar-refractivity contribution in [1.29, 1.82) is 0 Å². The third-order valence-electron chi connectivity index (χ3n) is 4.47. The van der Waals surface area contributed by atoms with E-state index in [1.165, 1.54) is 53.8 Å². The van der Waals surface area contributed by atoms with Crippen LogP contribution in [-0.2, 0) is 16.1 Å². The summed E-state index contributed by atoms with van der Waals surface area (Å²) in [5, 5.41) is 8.80. The Morgan fingerprint density at radius 1 is 1.15 bits per heavy atom. The molecule has 166 valence electrons. The second-order valence-corrected chi connectivity index (χ2v) is 7.77. The largest absolute Gasteiger partial charge is 0.290 e. The predicted molar refractivity (Wildman–Crippen MR) is 125 cm³/mol. The van der Waals surface area contributed by atoms with E-state index in [0.29, 0.717) is 17.4 Å². The van der Waals surface area contributed by atoms with E-state index in [4.69, 9.17) is 0 Å². The monoisotopic (exact) mass is 462 g/mol. The van der Waals surface area contributed by atoms with Gasteiger partial charge in [-0.15, -0.1) is 16.4 Å². The average molecular weight is 463 g/mol. The van der Waals surface area contributed by atoms with Gasteiger partial charge in [0.25, 0.3) is 5.91 Å². The van der Waals surface area contributed by atoms with Gasteiger partial charge in [-0.1, -0.05) is 42.5 Å². The Morgan fingerprint density at radius 3 is 2.67 bits per heavy atom. The van der Waals surface area contributed by atoms with Crippen LogP contribution in [0, 0.1) is 5.82 Å². The van der Waals surface area contributed by atoms with Gasteiger partial charge in [-0.3, -0.25) is 19.8 Å². The number of anilines is 3.